The molecule has 0 bridgehead atoms. The second-order valence-electron chi connectivity index (χ2n) is 7.23. The van der Waals surface area contributed by atoms with Gasteiger partial charge in [-0.2, -0.15) is 5.10 Å². The molecule has 0 saturated heterocycles. The molecule has 0 aliphatic rings. The van der Waals surface area contributed by atoms with Gasteiger partial charge in [0, 0.05) is 18.4 Å². The van der Waals surface area contributed by atoms with E-state index in [0.29, 0.717) is 6.54 Å². The van der Waals surface area contributed by atoms with E-state index >= 15 is 0 Å². The van der Waals surface area contributed by atoms with E-state index in [1.54, 1.807) is 6.20 Å². The van der Waals surface area contributed by atoms with E-state index in [4.69, 9.17) is 5.11 Å². The standard InChI is InChI=1S/C17H24N4O3/c1-10-5-11(6-12-8-19-21-14(10)12)7-13(20-16(23)24)15(22)18-9-17(2,3)4/h5-6,8,13,20H,7,9H2,1-4H3,(H,18,22)(H,19,21)(H,23,24). The molecule has 0 spiro atoms. The van der Waals surface area contributed by atoms with Crippen molar-refractivity contribution >= 4 is 22.9 Å². The molecule has 2 aromatic rings. The number of aromatic amines is 1. The van der Waals surface area contributed by atoms with Crippen LogP contribution in [0, 0.1) is 12.3 Å². The second kappa shape index (κ2) is 6.90. The summed E-state index contributed by atoms with van der Waals surface area (Å²) in [5.74, 6) is -0.322. The molecule has 0 aliphatic carbocycles. The van der Waals surface area contributed by atoms with Crippen LogP contribution in [0.2, 0.25) is 0 Å². The molecule has 0 saturated carbocycles. The van der Waals surface area contributed by atoms with Crippen LogP contribution in [0.1, 0.15) is 31.9 Å². The molecule has 7 heteroatoms. The van der Waals surface area contributed by atoms with Crippen LogP contribution in [0.4, 0.5) is 4.79 Å². The van der Waals surface area contributed by atoms with Crippen LogP contribution >= 0.6 is 0 Å². The first kappa shape index (κ1) is 17.8. The number of aryl methyl sites for hydroxylation is 1. The Hall–Kier alpha value is -2.57. The highest BCUT2D eigenvalue weighted by molar-refractivity contribution is 5.86. The number of aromatic nitrogens is 2. The van der Waals surface area contributed by atoms with E-state index in [2.05, 4.69) is 20.8 Å². The monoisotopic (exact) mass is 332 g/mol. The number of rotatable bonds is 5. The van der Waals surface area contributed by atoms with E-state index in [-0.39, 0.29) is 17.7 Å². The number of hydrogen-bond donors (Lipinski definition) is 4. The first-order chi connectivity index (χ1) is 11.2. The van der Waals surface area contributed by atoms with Crippen LogP contribution in [0.3, 0.4) is 0 Å². The zero-order valence-corrected chi connectivity index (χ0v) is 14.4. The van der Waals surface area contributed by atoms with Crippen LogP contribution < -0.4 is 10.6 Å². The summed E-state index contributed by atoms with van der Waals surface area (Å²) in [4.78, 5) is 23.4. The van der Waals surface area contributed by atoms with Crippen molar-refractivity contribution in [3.05, 3.63) is 29.5 Å². The number of nitrogens with one attached hydrogen (secondary N) is 3. The molecule has 7 nitrogen and oxygen atoms in total. The van der Waals surface area contributed by atoms with Crippen molar-refractivity contribution in [1.82, 2.24) is 20.8 Å². The minimum Gasteiger partial charge on any atom is -0.465 e. The Balaban J connectivity index is 2.17. The maximum Gasteiger partial charge on any atom is 0.405 e. The van der Waals surface area contributed by atoms with E-state index in [9.17, 15) is 9.59 Å². The fourth-order valence-electron chi connectivity index (χ4n) is 2.50. The lowest BCUT2D eigenvalue weighted by Crippen LogP contribution is -2.49. The summed E-state index contributed by atoms with van der Waals surface area (Å²) in [7, 11) is 0. The molecule has 4 N–H and O–H groups in total. The van der Waals surface area contributed by atoms with Crippen molar-refractivity contribution in [2.45, 2.75) is 40.2 Å². The predicted octanol–water partition coefficient (Wildman–Crippen LogP) is 2.21. The summed E-state index contributed by atoms with van der Waals surface area (Å²) in [5, 5.41) is 22.0. The Bertz CT molecular complexity index is 746. The summed E-state index contributed by atoms with van der Waals surface area (Å²) < 4.78 is 0. The van der Waals surface area contributed by atoms with Gasteiger partial charge in [0.05, 0.1) is 11.7 Å². The number of carboxylic acid groups (broad SMARTS) is 1. The number of H-pyrrole nitrogens is 1. The van der Waals surface area contributed by atoms with Gasteiger partial charge in [0.15, 0.2) is 0 Å². The maximum absolute atomic E-state index is 12.4. The van der Waals surface area contributed by atoms with Gasteiger partial charge < -0.3 is 15.7 Å². The Morgan fingerprint density at radius 3 is 2.67 bits per heavy atom. The van der Waals surface area contributed by atoms with Gasteiger partial charge in [0.25, 0.3) is 0 Å². The summed E-state index contributed by atoms with van der Waals surface area (Å²) >= 11 is 0. The van der Waals surface area contributed by atoms with Gasteiger partial charge in [-0.05, 0) is 29.5 Å². The Morgan fingerprint density at radius 2 is 2.04 bits per heavy atom. The average molecular weight is 332 g/mol. The fraction of sp³-hybridized carbons (Fsp3) is 0.471. The van der Waals surface area contributed by atoms with Crippen LogP contribution in [0.5, 0.6) is 0 Å². The molecule has 0 radical (unpaired) electrons. The van der Waals surface area contributed by atoms with Crippen molar-refractivity contribution in [2.24, 2.45) is 5.41 Å². The number of amides is 2. The Kier molecular flexibility index (Phi) is 5.11. The van der Waals surface area contributed by atoms with E-state index in [1.165, 1.54) is 0 Å². The molecule has 2 rings (SSSR count). The third-order valence-corrected chi connectivity index (χ3v) is 3.65. The van der Waals surface area contributed by atoms with Crippen molar-refractivity contribution in [3.8, 4) is 0 Å². The molecule has 0 fully saturated rings. The van der Waals surface area contributed by atoms with Crippen LogP contribution in [-0.4, -0.2) is 39.9 Å². The molecule has 1 atom stereocenters. The number of fused-ring (bicyclic) bond motifs is 1. The zero-order valence-electron chi connectivity index (χ0n) is 14.4. The molecule has 24 heavy (non-hydrogen) atoms. The van der Waals surface area contributed by atoms with Gasteiger partial charge in [-0.25, -0.2) is 4.79 Å². The molecule has 2 amide bonds. The SMILES string of the molecule is Cc1cc(CC(NC(=O)O)C(=O)NCC(C)(C)C)cc2cn[nH]c12. The Morgan fingerprint density at radius 1 is 1.33 bits per heavy atom. The average Bonchev–Trinajstić information content (AvgIpc) is 2.91. The number of benzene rings is 1. The maximum atomic E-state index is 12.4. The van der Waals surface area contributed by atoms with Crippen molar-refractivity contribution in [2.75, 3.05) is 6.54 Å². The topological polar surface area (TPSA) is 107 Å². The van der Waals surface area contributed by atoms with Gasteiger partial charge in [0.1, 0.15) is 6.04 Å². The Labute approximate surface area is 140 Å². The first-order valence-corrected chi connectivity index (χ1v) is 7.85. The summed E-state index contributed by atoms with van der Waals surface area (Å²) in [5.41, 5.74) is 2.75. The van der Waals surface area contributed by atoms with Crippen LogP contribution in [0.15, 0.2) is 18.3 Å². The fourth-order valence-corrected chi connectivity index (χ4v) is 2.50. The van der Waals surface area contributed by atoms with Crippen molar-refractivity contribution < 1.29 is 14.7 Å². The van der Waals surface area contributed by atoms with Crippen molar-refractivity contribution in [3.63, 3.8) is 0 Å². The minimum absolute atomic E-state index is 0.0737. The van der Waals surface area contributed by atoms with E-state index in [1.807, 2.05) is 39.8 Å². The van der Waals surface area contributed by atoms with Gasteiger partial charge >= 0.3 is 6.09 Å². The lowest BCUT2D eigenvalue weighted by molar-refractivity contribution is -0.123. The lowest BCUT2D eigenvalue weighted by Gasteiger charge is -2.22. The third-order valence-electron chi connectivity index (χ3n) is 3.65. The quantitative estimate of drug-likeness (QED) is 0.673. The molecule has 0 aliphatic heterocycles. The summed E-state index contributed by atoms with van der Waals surface area (Å²) in [6.45, 7) is 8.43. The van der Waals surface area contributed by atoms with E-state index in [0.717, 1.165) is 22.0 Å². The highest BCUT2D eigenvalue weighted by Gasteiger charge is 2.23. The summed E-state index contributed by atoms with van der Waals surface area (Å²) in [6, 6.07) is 3.02. The van der Waals surface area contributed by atoms with E-state index < -0.39 is 12.1 Å². The summed E-state index contributed by atoms with van der Waals surface area (Å²) in [6.07, 6.45) is 0.780. The predicted molar refractivity (Wildman–Crippen MR) is 91.9 cm³/mol. The van der Waals surface area contributed by atoms with Gasteiger partial charge in [-0.1, -0.05) is 26.8 Å². The van der Waals surface area contributed by atoms with Crippen LogP contribution in [-0.2, 0) is 11.2 Å². The van der Waals surface area contributed by atoms with Crippen molar-refractivity contribution in [1.29, 1.82) is 0 Å². The molecule has 1 unspecified atom stereocenters. The largest absolute Gasteiger partial charge is 0.465 e. The number of carbonyl (C=O) groups excluding carboxylic acids is 1. The first-order valence-electron chi connectivity index (χ1n) is 7.85. The smallest absolute Gasteiger partial charge is 0.405 e. The number of carbonyl (C=O) groups is 2. The lowest BCUT2D eigenvalue weighted by atomic mass is 9.96. The molecular formula is C17H24N4O3. The normalized spacial score (nSPS) is 12.8. The second-order valence-corrected chi connectivity index (χ2v) is 7.23. The molecule has 130 valence electrons. The van der Waals surface area contributed by atoms with Gasteiger partial charge in [-0.15, -0.1) is 0 Å². The molecule has 1 aromatic heterocycles. The third kappa shape index (κ3) is 4.71. The number of nitrogens with zero attached hydrogens (tertiary/aromatic N) is 1. The molecular weight excluding hydrogens is 308 g/mol. The minimum atomic E-state index is -1.22. The van der Waals surface area contributed by atoms with Gasteiger partial charge in [0.2, 0.25) is 5.91 Å². The highest BCUT2D eigenvalue weighted by atomic mass is 16.4. The molecule has 1 aromatic carbocycles. The van der Waals surface area contributed by atoms with Crippen LogP contribution in [0.25, 0.3) is 10.9 Å². The van der Waals surface area contributed by atoms with Gasteiger partial charge in [-0.3, -0.25) is 9.89 Å². The number of hydrogen-bond acceptors (Lipinski definition) is 3. The zero-order chi connectivity index (χ0) is 17.9. The molecule has 1 heterocycles. The highest BCUT2D eigenvalue weighted by Crippen LogP contribution is 2.19.